The summed E-state index contributed by atoms with van der Waals surface area (Å²) in [6, 6.07) is 7.01. The lowest BCUT2D eigenvalue weighted by Crippen LogP contribution is -2.27. The third-order valence-electron chi connectivity index (χ3n) is 3.22. The molecule has 0 atom stereocenters. The topological polar surface area (TPSA) is 75.3 Å². The summed E-state index contributed by atoms with van der Waals surface area (Å²) >= 11 is 0. The highest BCUT2D eigenvalue weighted by Gasteiger charge is 2.22. The lowest BCUT2D eigenvalue weighted by molar-refractivity contribution is -0.120. The summed E-state index contributed by atoms with van der Waals surface area (Å²) in [5, 5.41) is 6.03. The highest BCUT2D eigenvalue weighted by atomic mass is 32.2. The molecule has 1 fully saturated rings. The smallest absolute Gasteiger partial charge is 0.221 e. The van der Waals surface area contributed by atoms with Crippen molar-refractivity contribution in [3.05, 3.63) is 24.3 Å². The second-order valence-electron chi connectivity index (χ2n) is 4.95. The van der Waals surface area contributed by atoms with E-state index < -0.39 is 9.84 Å². The summed E-state index contributed by atoms with van der Waals surface area (Å²) in [6.07, 6.45) is 2.60. The molecular formula is C14H20N2O3S. The van der Waals surface area contributed by atoms with Crippen molar-refractivity contribution < 1.29 is 13.2 Å². The fourth-order valence-corrected chi connectivity index (χ4v) is 2.68. The second-order valence-corrected chi connectivity index (χ2v) is 7.22. The molecule has 0 bridgehead atoms. The van der Waals surface area contributed by atoms with Gasteiger partial charge in [0, 0.05) is 24.7 Å². The van der Waals surface area contributed by atoms with E-state index in [1.807, 2.05) is 0 Å². The first-order chi connectivity index (χ1) is 9.51. The van der Waals surface area contributed by atoms with E-state index in [1.165, 1.54) is 0 Å². The zero-order chi connectivity index (χ0) is 14.6. The molecule has 1 aliphatic carbocycles. The molecule has 5 nitrogen and oxygen atoms in total. The Hall–Kier alpha value is -1.56. The number of hydrogen-bond donors (Lipinski definition) is 2. The van der Waals surface area contributed by atoms with E-state index in [1.54, 1.807) is 31.2 Å². The molecule has 110 valence electrons. The first kappa shape index (κ1) is 14.8. The molecule has 0 saturated heterocycles. The molecule has 0 aromatic heterocycles. The average Bonchev–Trinajstić information content (AvgIpc) is 3.23. The maximum absolute atomic E-state index is 11.7. The Balaban J connectivity index is 1.80. The third-order valence-corrected chi connectivity index (χ3v) is 4.97. The normalized spacial score (nSPS) is 14.8. The summed E-state index contributed by atoms with van der Waals surface area (Å²) < 4.78 is 23.3. The molecule has 1 amide bonds. The number of hydrogen-bond acceptors (Lipinski definition) is 4. The number of anilines is 1. The molecule has 0 unspecified atom stereocenters. The predicted molar refractivity (Wildman–Crippen MR) is 78.4 cm³/mol. The molecular weight excluding hydrogens is 276 g/mol. The van der Waals surface area contributed by atoms with E-state index in [0.29, 0.717) is 23.9 Å². The standard InChI is InChI=1S/C14H20N2O3S/c1-2-20(18,19)13-7-5-11(6-8-13)15-10-9-14(17)16-12-3-4-12/h5-8,12,15H,2-4,9-10H2,1H3,(H,16,17). The third kappa shape index (κ3) is 4.23. The Kier molecular flexibility index (Phi) is 4.65. The highest BCUT2D eigenvalue weighted by molar-refractivity contribution is 7.91. The summed E-state index contributed by atoms with van der Waals surface area (Å²) in [6.45, 7) is 2.17. The first-order valence-corrected chi connectivity index (χ1v) is 8.52. The van der Waals surface area contributed by atoms with Gasteiger partial charge in [-0.1, -0.05) is 6.92 Å². The molecule has 2 rings (SSSR count). The molecule has 0 radical (unpaired) electrons. The van der Waals surface area contributed by atoms with Crippen LogP contribution in [0.1, 0.15) is 26.2 Å². The average molecular weight is 296 g/mol. The predicted octanol–water partition coefficient (Wildman–Crippen LogP) is 1.56. The number of amides is 1. The number of nitrogens with one attached hydrogen (secondary N) is 2. The van der Waals surface area contributed by atoms with Crippen molar-refractivity contribution in [2.24, 2.45) is 0 Å². The van der Waals surface area contributed by atoms with Gasteiger partial charge in [-0.05, 0) is 37.1 Å². The fraction of sp³-hybridized carbons (Fsp3) is 0.500. The molecule has 1 aromatic carbocycles. The monoisotopic (exact) mass is 296 g/mol. The number of rotatable bonds is 7. The summed E-state index contributed by atoms with van der Waals surface area (Å²) in [5.41, 5.74) is 0.819. The number of carbonyl (C=O) groups is 1. The van der Waals surface area contributed by atoms with Crippen LogP contribution in [-0.2, 0) is 14.6 Å². The Morgan fingerprint density at radius 3 is 2.45 bits per heavy atom. The van der Waals surface area contributed by atoms with Gasteiger partial charge in [-0.25, -0.2) is 8.42 Å². The van der Waals surface area contributed by atoms with E-state index >= 15 is 0 Å². The minimum Gasteiger partial charge on any atom is -0.385 e. The van der Waals surface area contributed by atoms with Gasteiger partial charge in [0.1, 0.15) is 0 Å². The van der Waals surface area contributed by atoms with Crippen molar-refractivity contribution in [1.29, 1.82) is 0 Å². The van der Waals surface area contributed by atoms with Crippen LogP contribution >= 0.6 is 0 Å². The van der Waals surface area contributed by atoms with Gasteiger partial charge in [0.2, 0.25) is 5.91 Å². The van der Waals surface area contributed by atoms with Crippen LogP contribution < -0.4 is 10.6 Å². The van der Waals surface area contributed by atoms with Crippen LogP contribution in [0.25, 0.3) is 0 Å². The zero-order valence-electron chi connectivity index (χ0n) is 11.6. The highest BCUT2D eigenvalue weighted by Crippen LogP contribution is 2.18. The summed E-state index contributed by atoms with van der Waals surface area (Å²) in [5.74, 6) is 0.159. The molecule has 2 N–H and O–H groups in total. The van der Waals surface area contributed by atoms with Crippen molar-refractivity contribution in [2.45, 2.75) is 37.1 Å². The van der Waals surface area contributed by atoms with Gasteiger partial charge in [-0.2, -0.15) is 0 Å². The molecule has 1 aliphatic rings. The molecule has 0 spiro atoms. The number of benzene rings is 1. The SMILES string of the molecule is CCS(=O)(=O)c1ccc(NCCC(=O)NC2CC2)cc1. The number of sulfone groups is 1. The fourth-order valence-electron chi connectivity index (χ4n) is 1.79. The second kappa shape index (κ2) is 6.26. The van der Waals surface area contributed by atoms with Crippen molar-refractivity contribution >= 4 is 21.4 Å². The summed E-state index contributed by atoms with van der Waals surface area (Å²) in [7, 11) is -3.15. The minimum absolute atomic E-state index is 0.0604. The van der Waals surface area contributed by atoms with E-state index in [4.69, 9.17) is 0 Å². The van der Waals surface area contributed by atoms with Crippen LogP contribution in [0.3, 0.4) is 0 Å². The van der Waals surface area contributed by atoms with Gasteiger partial charge >= 0.3 is 0 Å². The molecule has 1 aromatic rings. The minimum atomic E-state index is -3.15. The Labute approximate surface area is 119 Å². The first-order valence-electron chi connectivity index (χ1n) is 6.87. The molecule has 1 saturated carbocycles. The van der Waals surface area contributed by atoms with Gasteiger partial charge in [-0.3, -0.25) is 4.79 Å². The van der Waals surface area contributed by atoms with E-state index in [9.17, 15) is 13.2 Å². The van der Waals surface area contributed by atoms with Crippen LogP contribution in [0.4, 0.5) is 5.69 Å². The zero-order valence-corrected chi connectivity index (χ0v) is 12.4. The lowest BCUT2D eigenvalue weighted by Gasteiger charge is -2.08. The lowest BCUT2D eigenvalue weighted by atomic mass is 10.3. The maximum Gasteiger partial charge on any atom is 0.221 e. The van der Waals surface area contributed by atoms with Crippen LogP contribution in [-0.4, -0.2) is 32.7 Å². The van der Waals surface area contributed by atoms with Gasteiger partial charge in [0.25, 0.3) is 0 Å². The molecule has 0 aliphatic heterocycles. The van der Waals surface area contributed by atoms with E-state index in [0.717, 1.165) is 18.5 Å². The summed E-state index contributed by atoms with van der Waals surface area (Å²) in [4.78, 5) is 11.8. The number of carbonyl (C=O) groups excluding carboxylic acids is 1. The van der Waals surface area contributed by atoms with Crippen molar-refractivity contribution in [3.63, 3.8) is 0 Å². The van der Waals surface area contributed by atoms with E-state index in [2.05, 4.69) is 10.6 Å². The molecule has 0 heterocycles. The van der Waals surface area contributed by atoms with Crippen LogP contribution in [0, 0.1) is 0 Å². The van der Waals surface area contributed by atoms with Crippen molar-refractivity contribution in [2.75, 3.05) is 17.6 Å². The van der Waals surface area contributed by atoms with Gasteiger partial charge in [0.15, 0.2) is 9.84 Å². The van der Waals surface area contributed by atoms with Crippen LogP contribution in [0.2, 0.25) is 0 Å². The van der Waals surface area contributed by atoms with Crippen molar-refractivity contribution in [3.8, 4) is 0 Å². The Bertz CT molecular complexity index is 563. The van der Waals surface area contributed by atoms with Crippen LogP contribution in [0.5, 0.6) is 0 Å². The molecule has 6 heteroatoms. The van der Waals surface area contributed by atoms with Crippen molar-refractivity contribution in [1.82, 2.24) is 5.32 Å². The largest absolute Gasteiger partial charge is 0.385 e. The van der Waals surface area contributed by atoms with Gasteiger partial charge in [-0.15, -0.1) is 0 Å². The Morgan fingerprint density at radius 2 is 1.90 bits per heavy atom. The Morgan fingerprint density at radius 1 is 1.25 bits per heavy atom. The quantitative estimate of drug-likeness (QED) is 0.800. The van der Waals surface area contributed by atoms with Gasteiger partial charge < -0.3 is 10.6 Å². The van der Waals surface area contributed by atoms with Crippen LogP contribution in [0.15, 0.2) is 29.2 Å². The maximum atomic E-state index is 11.7. The molecule has 20 heavy (non-hydrogen) atoms. The van der Waals surface area contributed by atoms with E-state index in [-0.39, 0.29) is 11.7 Å². The van der Waals surface area contributed by atoms with Gasteiger partial charge in [0.05, 0.1) is 10.6 Å².